The molecule has 1 unspecified atom stereocenters. The van der Waals surface area contributed by atoms with Crippen molar-refractivity contribution >= 4 is 46.7 Å². The lowest BCUT2D eigenvalue weighted by Gasteiger charge is -2.17. The number of carboxylic acids is 1. The van der Waals surface area contributed by atoms with Crippen molar-refractivity contribution in [3.63, 3.8) is 0 Å². The molecule has 1 aliphatic heterocycles. The number of carboxylic acid groups (broad SMARTS) is 1. The van der Waals surface area contributed by atoms with E-state index in [1.165, 1.54) is 7.11 Å². The van der Waals surface area contributed by atoms with Gasteiger partial charge in [0.1, 0.15) is 5.75 Å². The van der Waals surface area contributed by atoms with Gasteiger partial charge in [-0.2, -0.15) is 0 Å². The van der Waals surface area contributed by atoms with E-state index >= 15 is 0 Å². The summed E-state index contributed by atoms with van der Waals surface area (Å²) in [6, 6.07) is 14.7. The average molecular weight is 685 g/mol. The van der Waals surface area contributed by atoms with Crippen molar-refractivity contribution in [2.75, 3.05) is 27.3 Å². The van der Waals surface area contributed by atoms with E-state index in [0.717, 1.165) is 17.5 Å². The van der Waals surface area contributed by atoms with Gasteiger partial charge in [0.15, 0.2) is 0 Å². The molecule has 1 fully saturated rings. The molecular weight excluding hydrogens is 653 g/mol. The van der Waals surface area contributed by atoms with Crippen LogP contribution in [0.5, 0.6) is 11.6 Å². The lowest BCUT2D eigenvalue weighted by Crippen LogP contribution is -2.35. The van der Waals surface area contributed by atoms with E-state index in [9.17, 15) is 9.59 Å². The maximum atomic E-state index is 11.5. The molecule has 2 aromatic carbocycles. The van der Waals surface area contributed by atoms with Gasteiger partial charge in [-0.25, -0.2) is 4.98 Å². The van der Waals surface area contributed by atoms with Gasteiger partial charge in [-0.3, -0.25) is 14.6 Å². The molecule has 1 aliphatic rings. The summed E-state index contributed by atoms with van der Waals surface area (Å²) in [6.45, 7) is 1.17. The average Bonchev–Trinajstić information content (AvgIpc) is 3.46. The Labute approximate surface area is 281 Å². The first kappa shape index (κ1) is 33.4. The Morgan fingerprint density at radius 1 is 1.00 bits per heavy atom. The summed E-state index contributed by atoms with van der Waals surface area (Å²) in [5.74, 6) is 0.0584. The number of aromatic nitrogens is 2. The van der Waals surface area contributed by atoms with Crippen molar-refractivity contribution in [2.45, 2.75) is 32.0 Å². The van der Waals surface area contributed by atoms with Crippen LogP contribution < -0.4 is 25.4 Å². The second kappa shape index (κ2) is 15.1. The molecule has 4 N–H and O–H groups in total. The summed E-state index contributed by atoms with van der Waals surface area (Å²) in [5, 5.41) is 19.3. The van der Waals surface area contributed by atoms with Gasteiger partial charge < -0.3 is 30.5 Å². The second-order valence-corrected chi connectivity index (χ2v) is 11.8. The minimum Gasteiger partial charge on any atom is -0.496 e. The lowest BCUT2D eigenvalue weighted by atomic mass is 9.99. The van der Waals surface area contributed by atoms with Crippen LogP contribution in [0.2, 0.25) is 15.1 Å². The summed E-state index contributed by atoms with van der Waals surface area (Å²) in [6.07, 6.45) is 2.99. The second-order valence-electron chi connectivity index (χ2n) is 10.6. The lowest BCUT2D eigenvalue weighted by molar-refractivity contribution is -0.136. The minimum absolute atomic E-state index is 0.0650. The number of hydrogen-bond acceptors (Lipinski definition) is 8. The Hall–Kier alpha value is -3.93. The van der Waals surface area contributed by atoms with Crippen LogP contribution in [0.1, 0.15) is 24.0 Å². The van der Waals surface area contributed by atoms with Gasteiger partial charge in [0.25, 0.3) is 0 Å². The highest BCUT2D eigenvalue weighted by atomic mass is 35.5. The Bertz CT molecular complexity index is 1770. The van der Waals surface area contributed by atoms with Crippen LogP contribution in [-0.4, -0.2) is 60.3 Å². The largest absolute Gasteiger partial charge is 0.496 e. The number of ether oxygens (including phenoxy) is 2. The Kier molecular flexibility index (Phi) is 11.0. The summed E-state index contributed by atoms with van der Waals surface area (Å²) >= 11 is 20.7. The van der Waals surface area contributed by atoms with Crippen molar-refractivity contribution in [1.29, 1.82) is 0 Å². The van der Waals surface area contributed by atoms with E-state index in [1.807, 2.05) is 36.4 Å². The van der Waals surface area contributed by atoms with Crippen molar-refractivity contribution < 1.29 is 24.2 Å². The number of benzene rings is 2. The number of amides is 1. The monoisotopic (exact) mass is 683 g/mol. The Morgan fingerprint density at radius 3 is 2.50 bits per heavy atom. The molecule has 46 heavy (non-hydrogen) atoms. The highest BCUT2D eigenvalue weighted by Crippen LogP contribution is 2.43. The molecule has 240 valence electrons. The van der Waals surface area contributed by atoms with Gasteiger partial charge in [0, 0.05) is 71.7 Å². The summed E-state index contributed by atoms with van der Waals surface area (Å²) in [5.41, 5.74) is 5.26. The van der Waals surface area contributed by atoms with Crippen LogP contribution in [0.15, 0.2) is 54.7 Å². The predicted molar refractivity (Wildman–Crippen MR) is 179 cm³/mol. The number of carbonyl (C=O) groups excluding carboxylic acids is 1. The molecule has 13 heteroatoms. The molecule has 4 aromatic rings. The maximum Gasteiger partial charge on any atom is 0.317 e. The quantitative estimate of drug-likeness (QED) is 0.134. The van der Waals surface area contributed by atoms with E-state index in [4.69, 9.17) is 54.4 Å². The van der Waals surface area contributed by atoms with Gasteiger partial charge in [-0.15, -0.1) is 0 Å². The molecule has 0 bridgehead atoms. The standard InChI is InChI=1S/C33H32Cl3N5O5/c1-45-27-12-18(6-7-19(27)14-37-17-29(43)44)32-31(36)22(10-11-39-32)21-4-3-5-23(30(21)35)26-13-25(34)24(33(41-26)46-2)16-38-15-20-8-9-28(42)40-20/h3-7,10-13,20,37-38H,8-9,14-17H2,1-2H3,(H,40,42)(H,43,44). The molecule has 1 amide bonds. The molecule has 2 aromatic heterocycles. The normalized spacial score (nSPS) is 14.3. The van der Waals surface area contributed by atoms with Crippen LogP contribution in [0.4, 0.5) is 0 Å². The third kappa shape index (κ3) is 7.54. The van der Waals surface area contributed by atoms with E-state index in [-0.39, 0.29) is 18.5 Å². The third-order valence-corrected chi connectivity index (χ3v) is 8.74. The maximum absolute atomic E-state index is 11.5. The Morgan fingerprint density at radius 2 is 1.78 bits per heavy atom. The SMILES string of the molecule is COc1cc(-c2nccc(-c3cccc(-c4cc(Cl)c(CNCC5CCC(=O)N5)c(OC)n4)c3Cl)c2Cl)ccc1CNCC(=O)O. The molecule has 0 aliphatic carbocycles. The van der Waals surface area contributed by atoms with Crippen LogP contribution in [0.3, 0.4) is 0 Å². The van der Waals surface area contributed by atoms with Crippen LogP contribution in [0, 0.1) is 0 Å². The molecule has 1 saturated heterocycles. The molecule has 0 saturated carbocycles. The smallest absolute Gasteiger partial charge is 0.317 e. The van der Waals surface area contributed by atoms with Crippen molar-refractivity contribution in [1.82, 2.24) is 25.9 Å². The number of carbonyl (C=O) groups is 2. The van der Waals surface area contributed by atoms with Crippen LogP contribution in [-0.2, 0) is 22.7 Å². The highest BCUT2D eigenvalue weighted by molar-refractivity contribution is 6.39. The topological polar surface area (TPSA) is 135 Å². The van der Waals surface area contributed by atoms with Crippen molar-refractivity contribution in [3.8, 4) is 45.3 Å². The fraction of sp³-hybridized carbons (Fsp3) is 0.273. The van der Waals surface area contributed by atoms with Gasteiger partial charge in [0.05, 0.1) is 47.2 Å². The van der Waals surface area contributed by atoms with Crippen molar-refractivity contribution in [2.24, 2.45) is 0 Å². The van der Waals surface area contributed by atoms with Gasteiger partial charge in [-0.05, 0) is 24.6 Å². The number of rotatable bonds is 13. The number of aliphatic carboxylic acids is 1. The van der Waals surface area contributed by atoms with E-state index in [2.05, 4.69) is 20.9 Å². The molecule has 10 nitrogen and oxygen atoms in total. The number of halogens is 3. The highest BCUT2D eigenvalue weighted by Gasteiger charge is 2.22. The molecular formula is C33H32Cl3N5O5. The summed E-state index contributed by atoms with van der Waals surface area (Å²) in [4.78, 5) is 31.6. The van der Waals surface area contributed by atoms with E-state index < -0.39 is 5.97 Å². The van der Waals surface area contributed by atoms with Crippen LogP contribution >= 0.6 is 34.8 Å². The van der Waals surface area contributed by atoms with Gasteiger partial charge in [-0.1, -0.05) is 65.1 Å². The number of hydrogen-bond donors (Lipinski definition) is 4. The first-order valence-corrected chi connectivity index (χ1v) is 15.6. The molecule has 5 rings (SSSR count). The zero-order valence-electron chi connectivity index (χ0n) is 25.1. The molecule has 1 atom stereocenters. The van der Waals surface area contributed by atoms with E-state index in [0.29, 0.717) is 86.4 Å². The van der Waals surface area contributed by atoms with Crippen molar-refractivity contribution in [3.05, 3.63) is 80.9 Å². The first-order valence-electron chi connectivity index (χ1n) is 14.5. The fourth-order valence-electron chi connectivity index (χ4n) is 5.32. The Balaban J connectivity index is 1.42. The zero-order valence-corrected chi connectivity index (χ0v) is 27.4. The summed E-state index contributed by atoms with van der Waals surface area (Å²) in [7, 11) is 3.08. The minimum atomic E-state index is -0.943. The number of nitrogens with one attached hydrogen (secondary N) is 3. The fourth-order valence-corrected chi connectivity index (χ4v) is 6.22. The molecule has 3 heterocycles. The number of methoxy groups -OCH3 is 2. The van der Waals surface area contributed by atoms with Crippen LogP contribution in [0.25, 0.3) is 33.6 Å². The molecule has 0 spiro atoms. The molecule has 0 radical (unpaired) electrons. The first-order chi connectivity index (χ1) is 22.2. The number of pyridine rings is 2. The zero-order chi connectivity index (χ0) is 32.8. The van der Waals surface area contributed by atoms with Gasteiger partial charge in [0.2, 0.25) is 11.8 Å². The third-order valence-electron chi connectivity index (χ3n) is 7.61. The predicted octanol–water partition coefficient (Wildman–Crippen LogP) is 6.00. The van der Waals surface area contributed by atoms with Gasteiger partial charge >= 0.3 is 5.97 Å². The van der Waals surface area contributed by atoms with E-state index in [1.54, 1.807) is 25.4 Å². The summed E-state index contributed by atoms with van der Waals surface area (Å²) < 4.78 is 11.2. The number of nitrogens with zero attached hydrogens (tertiary/aromatic N) is 2.